The van der Waals surface area contributed by atoms with Gasteiger partial charge >= 0.3 is 5.97 Å². The largest absolute Gasteiger partial charge is 0.480 e. The third-order valence-electron chi connectivity index (χ3n) is 7.30. The number of aliphatic carboxylic acids is 1. The zero-order valence-corrected chi connectivity index (χ0v) is 25.4. The van der Waals surface area contributed by atoms with E-state index in [1.165, 1.54) is 18.7 Å². The number of rotatable bonds is 9. The number of hydrogen-bond acceptors (Lipinski definition) is 7. The Morgan fingerprint density at radius 1 is 1.04 bits per heavy atom. The van der Waals surface area contributed by atoms with Gasteiger partial charge in [-0.3, -0.25) is 29.0 Å². The smallest absolute Gasteiger partial charge is 0.320 e. The summed E-state index contributed by atoms with van der Waals surface area (Å²) >= 11 is 0. The molecule has 1 aliphatic heterocycles. The lowest BCUT2D eigenvalue weighted by molar-refractivity contribution is -0.142. The summed E-state index contributed by atoms with van der Waals surface area (Å²) in [5.41, 5.74) is 2.55. The van der Waals surface area contributed by atoms with Crippen molar-refractivity contribution in [1.82, 2.24) is 14.6 Å². The number of carboxylic acid groups (broad SMARTS) is 1. The number of nitrogens with one attached hydrogen (secondary N) is 2. The summed E-state index contributed by atoms with van der Waals surface area (Å²) in [6, 6.07) is 18.4. The van der Waals surface area contributed by atoms with E-state index in [1.54, 1.807) is 79.0 Å². The van der Waals surface area contributed by atoms with Crippen molar-refractivity contribution >= 4 is 38.5 Å². The summed E-state index contributed by atoms with van der Waals surface area (Å²) in [7, 11) is -3.15. The van der Waals surface area contributed by atoms with Crippen LogP contribution in [0.2, 0.25) is 0 Å². The molecule has 45 heavy (non-hydrogen) atoms. The molecule has 1 aliphatic rings. The number of aryl methyl sites for hydroxylation is 1. The maximum atomic E-state index is 14.2. The Bertz CT molecular complexity index is 1900. The van der Waals surface area contributed by atoms with E-state index < -0.39 is 27.6 Å². The molecule has 4 aromatic rings. The lowest BCUT2D eigenvalue weighted by atomic mass is 10.1. The van der Waals surface area contributed by atoms with E-state index in [0.717, 1.165) is 12.0 Å². The molecule has 0 saturated carbocycles. The molecule has 0 radical (unpaired) electrons. The van der Waals surface area contributed by atoms with Crippen LogP contribution >= 0.6 is 0 Å². The molecule has 3 N–H and O–H groups in total. The molecule has 2 unspecified atom stereocenters. The van der Waals surface area contributed by atoms with E-state index >= 15 is 0 Å². The highest BCUT2D eigenvalue weighted by molar-refractivity contribution is 8.00. The number of benzene rings is 2. The van der Waals surface area contributed by atoms with Crippen LogP contribution < -0.4 is 10.0 Å². The number of carboxylic acids is 1. The minimum Gasteiger partial charge on any atom is -0.480 e. The monoisotopic (exact) mass is 624 g/mol. The average Bonchev–Trinajstić information content (AvgIpc) is 3.70. The van der Waals surface area contributed by atoms with Crippen molar-refractivity contribution in [3.63, 3.8) is 0 Å². The van der Waals surface area contributed by atoms with Crippen LogP contribution in [-0.2, 0) is 14.5 Å². The standard InChI is InChI=1S/C34H32N4O6S/c1-24-15-18-44-31(24)33(40)36-28-9-5-8-25(21-28)13-14-26-20-27(23-35-22-26)32(39)37-45(43,29-10-3-2-4-11-29)19-7-17-38-16-6-12-30(38)34(41)42/h2-5,8-11,15,18-23,30H,6-7,12,16-17H2,1H3,(H,36,40)(H,41,42)(H,37,39,43). The van der Waals surface area contributed by atoms with Gasteiger partial charge in [0.1, 0.15) is 6.04 Å². The summed E-state index contributed by atoms with van der Waals surface area (Å²) in [5, 5.41) is 13.8. The highest BCUT2D eigenvalue weighted by atomic mass is 32.2. The minimum absolute atomic E-state index is 0.180. The van der Waals surface area contributed by atoms with Crippen molar-refractivity contribution in [2.45, 2.75) is 37.1 Å². The molecule has 2 atom stereocenters. The predicted molar refractivity (Wildman–Crippen MR) is 171 cm³/mol. The molecule has 1 fully saturated rings. The Labute approximate surface area is 261 Å². The van der Waals surface area contributed by atoms with Crippen molar-refractivity contribution in [3.8, 4) is 11.8 Å². The van der Waals surface area contributed by atoms with Gasteiger partial charge in [0.15, 0.2) is 5.76 Å². The number of furan rings is 1. The van der Waals surface area contributed by atoms with E-state index in [4.69, 9.17) is 4.42 Å². The number of carbonyl (C=O) groups is 3. The molecule has 3 heterocycles. The number of pyridine rings is 1. The van der Waals surface area contributed by atoms with Gasteiger partial charge in [-0.25, -0.2) is 4.21 Å². The second-order valence-corrected chi connectivity index (χ2v) is 12.7. The first-order valence-corrected chi connectivity index (χ1v) is 16.0. The molecular formula is C34H32N4O6S. The number of amides is 2. The van der Waals surface area contributed by atoms with Crippen LogP contribution in [0.3, 0.4) is 0 Å². The van der Waals surface area contributed by atoms with Gasteiger partial charge < -0.3 is 14.8 Å². The van der Waals surface area contributed by atoms with Gasteiger partial charge in [0, 0.05) is 46.2 Å². The molecule has 0 spiro atoms. The van der Waals surface area contributed by atoms with Gasteiger partial charge in [-0.05, 0) is 80.6 Å². The van der Waals surface area contributed by atoms with Crippen LogP contribution in [0.1, 0.15) is 56.9 Å². The lowest BCUT2D eigenvalue weighted by Gasteiger charge is -2.20. The van der Waals surface area contributed by atoms with Crippen LogP contribution in [0.15, 0.2) is 94.7 Å². The first kappa shape index (κ1) is 31.3. The van der Waals surface area contributed by atoms with E-state index in [9.17, 15) is 23.7 Å². The number of hydrogen-bond donors (Lipinski definition) is 3. The molecule has 0 bridgehead atoms. The van der Waals surface area contributed by atoms with Crippen LogP contribution in [0, 0.1) is 18.8 Å². The van der Waals surface area contributed by atoms with E-state index in [2.05, 4.69) is 26.9 Å². The van der Waals surface area contributed by atoms with Gasteiger partial charge in [0.25, 0.3) is 11.8 Å². The quantitative estimate of drug-likeness (QED) is 0.184. The number of likely N-dealkylation sites (tertiary alicyclic amines) is 1. The number of anilines is 1. The normalized spacial score (nSPS) is 15.7. The Hall–Kier alpha value is -5.18. The zero-order chi connectivity index (χ0) is 31.8. The fourth-order valence-corrected chi connectivity index (χ4v) is 6.80. The number of nitrogens with zero attached hydrogens (tertiary/aromatic N) is 2. The molecule has 10 nitrogen and oxygen atoms in total. The fourth-order valence-electron chi connectivity index (χ4n) is 5.02. The average molecular weight is 625 g/mol. The first-order chi connectivity index (χ1) is 21.7. The summed E-state index contributed by atoms with van der Waals surface area (Å²) in [6.45, 7) is 2.86. The first-order valence-electron chi connectivity index (χ1n) is 14.4. The summed E-state index contributed by atoms with van der Waals surface area (Å²) < 4.78 is 22.1. The molecule has 1 saturated heterocycles. The highest BCUT2D eigenvalue weighted by Crippen LogP contribution is 2.18. The fraction of sp³-hybridized carbons (Fsp3) is 0.206. The topological polar surface area (TPSA) is 142 Å². The van der Waals surface area contributed by atoms with Crippen molar-refractivity contribution in [1.29, 1.82) is 0 Å². The van der Waals surface area contributed by atoms with Crippen molar-refractivity contribution in [3.05, 3.63) is 113 Å². The summed E-state index contributed by atoms with van der Waals surface area (Å²) in [4.78, 5) is 43.9. The summed E-state index contributed by atoms with van der Waals surface area (Å²) in [5.74, 6) is 4.44. The minimum atomic E-state index is -3.15. The third kappa shape index (κ3) is 7.86. The Kier molecular flexibility index (Phi) is 9.77. The zero-order valence-electron chi connectivity index (χ0n) is 24.6. The van der Waals surface area contributed by atoms with Crippen LogP contribution in [0.5, 0.6) is 0 Å². The molecular weight excluding hydrogens is 592 g/mol. The van der Waals surface area contributed by atoms with E-state index in [1.807, 2.05) is 4.90 Å². The van der Waals surface area contributed by atoms with Gasteiger partial charge in [-0.2, -0.15) is 0 Å². The number of aromatic nitrogens is 1. The maximum absolute atomic E-state index is 14.2. The van der Waals surface area contributed by atoms with Gasteiger partial charge in [0.05, 0.1) is 21.5 Å². The van der Waals surface area contributed by atoms with Crippen LogP contribution in [-0.4, -0.2) is 61.5 Å². The Morgan fingerprint density at radius 2 is 1.84 bits per heavy atom. The van der Waals surface area contributed by atoms with Gasteiger partial charge in [0.2, 0.25) is 0 Å². The van der Waals surface area contributed by atoms with E-state index in [0.29, 0.717) is 47.6 Å². The van der Waals surface area contributed by atoms with Gasteiger partial charge in [-0.15, -0.1) is 0 Å². The summed E-state index contributed by atoms with van der Waals surface area (Å²) in [6.07, 6.45) is 6.05. The Morgan fingerprint density at radius 3 is 2.60 bits per heavy atom. The van der Waals surface area contributed by atoms with Crippen molar-refractivity contribution < 1.29 is 28.1 Å². The molecule has 0 aliphatic carbocycles. The second kappa shape index (κ2) is 14.1. The number of carbonyl (C=O) groups excluding carboxylic acids is 2. The van der Waals surface area contributed by atoms with Crippen LogP contribution in [0.4, 0.5) is 5.69 Å². The van der Waals surface area contributed by atoms with Crippen molar-refractivity contribution in [2.24, 2.45) is 0 Å². The SMILES string of the molecule is Cc1ccoc1C(=O)Nc1cccc(C#Cc2cncc(C(=O)NS(=O)(=CCCN3CCCC3C(=O)O)c3ccccc3)c2)c1. The molecule has 5 rings (SSSR count). The highest BCUT2D eigenvalue weighted by Gasteiger charge is 2.29. The van der Waals surface area contributed by atoms with Crippen molar-refractivity contribution in [2.75, 3.05) is 18.4 Å². The lowest BCUT2D eigenvalue weighted by Crippen LogP contribution is -2.37. The molecule has 11 heteroatoms. The molecule has 2 aromatic heterocycles. The van der Waals surface area contributed by atoms with E-state index in [-0.39, 0.29) is 17.2 Å². The molecule has 230 valence electrons. The Balaban J connectivity index is 1.31. The second-order valence-electron chi connectivity index (χ2n) is 10.5. The third-order valence-corrected chi connectivity index (χ3v) is 9.46. The molecule has 2 amide bonds. The molecule has 2 aromatic carbocycles. The van der Waals surface area contributed by atoms with Gasteiger partial charge in [-0.1, -0.05) is 36.1 Å². The maximum Gasteiger partial charge on any atom is 0.320 e. The predicted octanol–water partition coefficient (Wildman–Crippen LogP) is 4.36. The van der Waals surface area contributed by atoms with Crippen LogP contribution in [0.25, 0.3) is 0 Å².